The van der Waals surface area contributed by atoms with Crippen molar-refractivity contribution in [2.45, 2.75) is 52.0 Å². The van der Waals surface area contributed by atoms with Gasteiger partial charge in [0.05, 0.1) is 0 Å². The lowest BCUT2D eigenvalue weighted by Crippen LogP contribution is -2.33. The number of carbonyl (C=O) groups is 1. The SMILES string of the molecule is CC(C)/C(=C\C(=O)Nc1ccccc1)NC1CCCCC1. The summed E-state index contributed by atoms with van der Waals surface area (Å²) in [5.41, 5.74) is 1.87. The molecule has 3 nitrogen and oxygen atoms in total. The minimum absolute atomic E-state index is 0.0618. The summed E-state index contributed by atoms with van der Waals surface area (Å²) in [6.07, 6.45) is 8.06. The Labute approximate surface area is 127 Å². The number of rotatable bonds is 5. The van der Waals surface area contributed by atoms with Gasteiger partial charge in [-0.1, -0.05) is 51.3 Å². The Balaban J connectivity index is 1.97. The molecular weight excluding hydrogens is 260 g/mol. The van der Waals surface area contributed by atoms with Gasteiger partial charge in [-0.25, -0.2) is 0 Å². The molecule has 3 heteroatoms. The van der Waals surface area contributed by atoms with Crippen LogP contribution in [-0.4, -0.2) is 11.9 Å². The first kappa shape index (κ1) is 15.6. The summed E-state index contributed by atoms with van der Waals surface area (Å²) < 4.78 is 0. The molecular formula is C18H26N2O. The zero-order chi connectivity index (χ0) is 15.1. The van der Waals surface area contributed by atoms with E-state index in [0.717, 1.165) is 11.4 Å². The Morgan fingerprint density at radius 1 is 1.14 bits per heavy atom. The van der Waals surface area contributed by atoms with Gasteiger partial charge in [0.25, 0.3) is 0 Å². The maximum Gasteiger partial charge on any atom is 0.250 e. The number of benzene rings is 1. The molecule has 0 aliphatic heterocycles. The van der Waals surface area contributed by atoms with E-state index in [1.54, 1.807) is 6.08 Å². The van der Waals surface area contributed by atoms with Crippen LogP contribution >= 0.6 is 0 Å². The third kappa shape index (κ3) is 5.25. The fourth-order valence-electron chi connectivity index (χ4n) is 2.70. The molecule has 0 unspecified atom stereocenters. The van der Waals surface area contributed by atoms with Crippen LogP contribution < -0.4 is 10.6 Å². The summed E-state index contributed by atoms with van der Waals surface area (Å²) in [4.78, 5) is 12.1. The van der Waals surface area contributed by atoms with E-state index in [1.807, 2.05) is 30.3 Å². The molecule has 2 rings (SSSR count). The van der Waals surface area contributed by atoms with Crippen LogP contribution in [0.1, 0.15) is 46.0 Å². The minimum Gasteiger partial charge on any atom is -0.385 e. The number of hydrogen-bond acceptors (Lipinski definition) is 2. The summed E-state index contributed by atoms with van der Waals surface area (Å²) in [5, 5.41) is 6.48. The smallest absolute Gasteiger partial charge is 0.250 e. The first-order valence-electron chi connectivity index (χ1n) is 7.99. The van der Waals surface area contributed by atoms with E-state index in [0.29, 0.717) is 12.0 Å². The molecule has 0 heterocycles. The molecule has 0 spiro atoms. The number of para-hydroxylation sites is 1. The highest BCUT2D eigenvalue weighted by Gasteiger charge is 2.16. The van der Waals surface area contributed by atoms with Crippen molar-refractivity contribution in [1.82, 2.24) is 5.32 Å². The van der Waals surface area contributed by atoms with Crippen LogP contribution in [0.4, 0.5) is 5.69 Å². The second kappa shape index (κ2) is 7.87. The predicted molar refractivity (Wildman–Crippen MR) is 88.0 cm³/mol. The van der Waals surface area contributed by atoms with E-state index in [-0.39, 0.29) is 5.91 Å². The maximum atomic E-state index is 12.1. The summed E-state index contributed by atoms with van der Waals surface area (Å²) in [6.45, 7) is 4.24. The Bertz CT molecular complexity index is 473. The lowest BCUT2D eigenvalue weighted by atomic mass is 9.94. The van der Waals surface area contributed by atoms with E-state index in [2.05, 4.69) is 24.5 Å². The number of allylic oxidation sites excluding steroid dienone is 1. The van der Waals surface area contributed by atoms with Crippen molar-refractivity contribution >= 4 is 11.6 Å². The number of hydrogen-bond donors (Lipinski definition) is 2. The highest BCUT2D eigenvalue weighted by molar-refractivity contribution is 5.99. The van der Waals surface area contributed by atoms with Crippen LogP contribution in [0.5, 0.6) is 0 Å². The number of amides is 1. The molecule has 1 aromatic rings. The molecule has 1 fully saturated rings. The highest BCUT2D eigenvalue weighted by atomic mass is 16.1. The Kier molecular flexibility index (Phi) is 5.85. The zero-order valence-corrected chi connectivity index (χ0v) is 13.1. The van der Waals surface area contributed by atoms with Gasteiger partial charge in [0.2, 0.25) is 5.91 Å². The fraction of sp³-hybridized carbons (Fsp3) is 0.500. The molecule has 114 valence electrons. The van der Waals surface area contributed by atoms with Crippen LogP contribution in [0.25, 0.3) is 0 Å². The Morgan fingerprint density at radius 3 is 2.43 bits per heavy atom. The van der Waals surface area contributed by atoms with Crippen molar-refractivity contribution < 1.29 is 4.79 Å². The molecule has 0 radical (unpaired) electrons. The van der Waals surface area contributed by atoms with Crippen molar-refractivity contribution in [3.05, 3.63) is 42.1 Å². The summed E-state index contributed by atoms with van der Waals surface area (Å²) in [6, 6.07) is 10.1. The van der Waals surface area contributed by atoms with Gasteiger partial charge in [0, 0.05) is 23.5 Å². The van der Waals surface area contributed by atoms with Gasteiger partial charge in [-0.2, -0.15) is 0 Å². The van der Waals surface area contributed by atoms with Crippen molar-refractivity contribution in [3.63, 3.8) is 0 Å². The van der Waals surface area contributed by atoms with Crippen LogP contribution in [-0.2, 0) is 4.79 Å². The van der Waals surface area contributed by atoms with Crippen molar-refractivity contribution in [2.75, 3.05) is 5.32 Å². The van der Waals surface area contributed by atoms with Crippen LogP contribution in [0.2, 0.25) is 0 Å². The molecule has 1 saturated carbocycles. The third-order valence-corrected chi connectivity index (χ3v) is 3.93. The van der Waals surface area contributed by atoms with Crippen molar-refractivity contribution in [3.8, 4) is 0 Å². The topological polar surface area (TPSA) is 41.1 Å². The summed E-state index contributed by atoms with van der Waals surface area (Å²) in [7, 11) is 0. The van der Waals surface area contributed by atoms with Gasteiger partial charge in [-0.15, -0.1) is 0 Å². The van der Waals surface area contributed by atoms with Crippen LogP contribution in [0.15, 0.2) is 42.1 Å². The second-order valence-corrected chi connectivity index (χ2v) is 6.09. The van der Waals surface area contributed by atoms with Crippen molar-refractivity contribution in [2.24, 2.45) is 5.92 Å². The number of carbonyl (C=O) groups excluding carboxylic acids is 1. The zero-order valence-electron chi connectivity index (χ0n) is 13.1. The summed E-state index contributed by atoms with van der Waals surface area (Å²) >= 11 is 0. The Hall–Kier alpha value is -1.77. The third-order valence-electron chi connectivity index (χ3n) is 3.93. The maximum absolute atomic E-state index is 12.1. The molecule has 1 aliphatic rings. The van der Waals surface area contributed by atoms with E-state index < -0.39 is 0 Å². The lowest BCUT2D eigenvalue weighted by molar-refractivity contribution is -0.112. The van der Waals surface area contributed by atoms with E-state index in [4.69, 9.17) is 0 Å². The van der Waals surface area contributed by atoms with Gasteiger partial charge in [-0.05, 0) is 30.9 Å². The van der Waals surface area contributed by atoms with Gasteiger partial charge in [0.15, 0.2) is 0 Å². The normalized spacial score (nSPS) is 16.8. The molecule has 0 bridgehead atoms. The average molecular weight is 286 g/mol. The monoisotopic (exact) mass is 286 g/mol. The minimum atomic E-state index is -0.0618. The average Bonchev–Trinajstić information content (AvgIpc) is 2.48. The van der Waals surface area contributed by atoms with Gasteiger partial charge < -0.3 is 10.6 Å². The van der Waals surface area contributed by atoms with Gasteiger partial charge in [0.1, 0.15) is 0 Å². The molecule has 0 aromatic heterocycles. The molecule has 21 heavy (non-hydrogen) atoms. The lowest BCUT2D eigenvalue weighted by Gasteiger charge is -2.26. The quantitative estimate of drug-likeness (QED) is 0.801. The first-order chi connectivity index (χ1) is 10.1. The molecule has 0 saturated heterocycles. The fourth-order valence-corrected chi connectivity index (χ4v) is 2.70. The van der Waals surface area contributed by atoms with Crippen LogP contribution in [0.3, 0.4) is 0 Å². The Morgan fingerprint density at radius 2 is 1.81 bits per heavy atom. The van der Waals surface area contributed by atoms with Crippen molar-refractivity contribution in [1.29, 1.82) is 0 Å². The molecule has 1 aliphatic carbocycles. The molecule has 1 amide bonds. The standard InChI is InChI=1S/C18H26N2O/c1-14(2)17(19-15-9-5-3-6-10-15)13-18(21)20-16-11-7-4-8-12-16/h4,7-8,11-15,19H,3,5-6,9-10H2,1-2H3,(H,20,21)/b17-13+. The van der Waals surface area contributed by atoms with E-state index >= 15 is 0 Å². The highest BCUT2D eigenvalue weighted by Crippen LogP contribution is 2.20. The van der Waals surface area contributed by atoms with E-state index in [9.17, 15) is 4.79 Å². The number of anilines is 1. The number of nitrogens with one attached hydrogen (secondary N) is 2. The first-order valence-corrected chi connectivity index (χ1v) is 7.99. The molecule has 1 aromatic carbocycles. The van der Waals surface area contributed by atoms with Gasteiger partial charge >= 0.3 is 0 Å². The van der Waals surface area contributed by atoms with Gasteiger partial charge in [-0.3, -0.25) is 4.79 Å². The van der Waals surface area contributed by atoms with E-state index in [1.165, 1.54) is 32.1 Å². The summed E-state index contributed by atoms with van der Waals surface area (Å²) in [5.74, 6) is 0.265. The molecule has 2 N–H and O–H groups in total. The predicted octanol–water partition coefficient (Wildman–Crippen LogP) is 4.09. The molecule has 0 atom stereocenters. The largest absolute Gasteiger partial charge is 0.385 e. The second-order valence-electron chi connectivity index (χ2n) is 6.09. The van der Waals surface area contributed by atoms with Crippen LogP contribution in [0, 0.1) is 5.92 Å².